The van der Waals surface area contributed by atoms with E-state index < -0.39 is 11.6 Å². The number of aromatic nitrogens is 4. The number of ketones is 1. The topological polar surface area (TPSA) is 109 Å². The summed E-state index contributed by atoms with van der Waals surface area (Å²) in [5.41, 5.74) is 5.27. The van der Waals surface area contributed by atoms with Crippen LogP contribution in [0, 0.1) is 6.92 Å². The molecule has 4 heterocycles. The van der Waals surface area contributed by atoms with E-state index in [4.69, 9.17) is 14.6 Å². The van der Waals surface area contributed by atoms with Crippen LogP contribution in [-0.4, -0.2) is 67.9 Å². The molecule has 2 aromatic heterocycles. The number of aryl methyl sites for hydroxylation is 2. The van der Waals surface area contributed by atoms with Crippen LogP contribution in [0.3, 0.4) is 0 Å². The number of methoxy groups -OCH3 is 1. The number of rotatable bonds is 4. The fraction of sp³-hybridized carbons (Fsp3) is 0.265. The quantitative estimate of drug-likeness (QED) is 0.267. The minimum atomic E-state index is -0.618. The minimum absolute atomic E-state index is 0.0606. The van der Waals surface area contributed by atoms with Crippen LogP contribution < -0.4 is 4.74 Å². The van der Waals surface area contributed by atoms with Gasteiger partial charge in [-0.1, -0.05) is 12.1 Å². The van der Waals surface area contributed by atoms with Crippen LogP contribution >= 0.6 is 0 Å². The summed E-state index contributed by atoms with van der Waals surface area (Å²) in [5.74, 6) is 0.182. The van der Waals surface area contributed by atoms with E-state index in [2.05, 4.69) is 5.10 Å². The number of ether oxygens (including phenoxy) is 2. The molecule has 0 saturated carbocycles. The highest BCUT2D eigenvalue weighted by Gasteiger charge is 2.44. The number of nitrogens with zero attached hydrogens (tertiary/aromatic N) is 5. The lowest BCUT2D eigenvalue weighted by Crippen LogP contribution is -2.52. The Hall–Kier alpha value is -5.25. The van der Waals surface area contributed by atoms with E-state index in [1.807, 2.05) is 61.5 Å². The van der Waals surface area contributed by atoms with Gasteiger partial charge < -0.3 is 14.4 Å². The normalized spacial score (nSPS) is 15.7. The molecule has 0 bridgehead atoms. The fourth-order valence-corrected chi connectivity index (χ4v) is 6.28. The van der Waals surface area contributed by atoms with Gasteiger partial charge in [0, 0.05) is 55.7 Å². The second-order valence-corrected chi connectivity index (χ2v) is 11.6. The van der Waals surface area contributed by atoms with Gasteiger partial charge in [-0.15, -0.1) is 0 Å². The van der Waals surface area contributed by atoms with Crippen LogP contribution in [0.2, 0.25) is 0 Å². The molecule has 0 N–H and O–H groups in total. The van der Waals surface area contributed by atoms with Gasteiger partial charge in [0.25, 0.3) is 5.91 Å². The molecule has 2 aliphatic rings. The van der Waals surface area contributed by atoms with E-state index in [9.17, 15) is 14.4 Å². The van der Waals surface area contributed by atoms with Crippen molar-refractivity contribution in [1.82, 2.24) is 24.5 Å². The monoisotopic (exact) mass is 589 g/mol. The minimum Gasteiger partial charge on any atom is -0.486 e. The summed E-state index contributed by atoms with van der Waals surface area (Å²) in [6, 6.07) is 18.3. The molecule has 0 aliphatic carbocycles. The molecule has 1 fully saturated rings. The molecule has 0 unspecified atom stereocenters. The zero-order chi connectivity index (χ0) is 30.6. The second-order valence-electron chi connectivity index (χ2n) is 11.6. The lowest BCUT2D eigenvalue weighted by Gasteiger charge is -2.44. The van der Waals surface area contributed by atoms with E-state index in [0.29, 0.717) is 48.4 Å². The van der Waals surface area contributed by atoms with Gasteiger partial charge in [0.05, 0.1) is 47.8 Å². The highest BCUT2D eigenvalue weighted by molar-refractivity contribution is 6.02. The maximum atomic E-state index is 13.7. The Morgan fingerprint density at radius 1 is 0.955 bits per heavy atom. The molecule has 1 amide bonds. The number of likely N-dealkylation sites (tertiary alicyclic amines) is 1. The van der Waals surface area contributed by atoms with Crippen LogP contribution in [0.1, 0.15) is 56.0 Å². The molecule has 1 spiro atoms. The lowest BCUT2D eigenvalue weighted by atomic mass is 9.82. The van der Waals surface area contributed by atoms with Crippen LogP contribution in [-0.2, 0) is 11.8 Å². The number of esters is 1. The van der Waals surface area contributed by atoms with Crippen molar-refractivity contribution in [2.45, 2.75) is 31.8 Å². The number of hydrogen-bond donors (Lipinski definition) is 0. The molecule has 10 heteroatoms. The molecule has 5 aromatic rings. The van der Waals surface area contributed by atoms with Crippen molar-refractivity contribution in [3.05, 3.63) is 95.4 Å². The lowest BCUT2D eigenvalue weighted by molar-refractivity contribution is -0.00570. The van der Waals surface area contributed by atoms with Gasteiger partial charge in [0.2, 0.25) is 0 Å². The third-order valence-electron chi connectivity index (χ3n) is 8.73. The third kappa shape index (κ3) is 4.72. The van der Waals surface area contributed by atoms with E-state index in [1.165, 1.54) is 7.11 Å². The number of Topliss-reactive ketones (excluding diaryl/α,β-unsaturated/α-hetero) is 1. The summed E-state index contributed by atoms with van der Waals surface area (Å²) in [7, 11) is 3.21. The van der Waals surface area contributed by atoms with Gasteiger partial charge in [-0.2, -0.15) is 10.2 Å². The van der Waals surface area contributed by atoms with Crippen molar-refractivity contribution in [1.29, 1.82) is 0 Å². The number of piperidine rings is 1. The molecular formula is C34H31N5O5. The van der Waals surface area contributed by atoms with Crippen molar-refractivity contribution in [3.8, 4) is 22.6 Å². The van der Waals surface area contributed by atoms with Gasteiger partial charge in [-0.3, -0.25) is 14.3 Å². The Morgan fingerprint density at radius 3 is 2.41 bits per heavy atom. The first kappa shape index (κ1) is 27.6. The molecule has 44 heavy (non-hydrogen) atoms. The van der Waals surface area contributed by atoms with Crippen molar-refractivity contribution in [3.63, 3.8) is 0 Å². The van der Waals surface area contributed by atoms with Gasteiger partial charge in [-0.05, 0) is 61.0 Å². The summed E-state index contributed by atoms with van der Waals surface area (Å²) in [6.07, 6.45) is 5.12. The van der Waals surface area contributed by atoms with Crippen LogP contribution in [0.5, 0.6) is 5.75 Å². The van der Waals surface area contributed by atoms with Gasteiger partial charge in [-0.25, -0.2) is 9.48 Å². The van der Waals surface area contributed by atoms with Gasteiger partial charge >= 0.3 is 5.97 Å². The van der Waals surface area contributed by atoms with Gasteiger partial charge in [0.1, 0.15) is 11.4 Å². The number of amides is 1. The third-order valence-corrected chi connectivity index (χ3v) is 8.73. The van der Waals surface area contributed by atoms with Crippen LogP contribution in [0.4, 0.5) is 0 Å². The number of carbonyl (C=O) groups is 3. The molecule has 10 nitrogen and oxygen atoms in total. The zero-order valence-electron chi connectivity index (χ0n) is 24.7. The highest BCUT2D eigenvalue weighted by Crippen LogP contribution is 2.41. The van der Waals surface area contributed by atoms with Gasteiger partial charge in [0.15, 0.2) is 5.78 Å². The van der Waals surface area contributed by atoms with Crippen molar-refractivity contribution in [2.75, 3.05) is 20.2 Å². The number of hydrogen-bond acceptors (Lipinski definition) is 7. The molecule has 0 atom stereocenters. The predicted octanol–water partition coefficient (Wildman–Crippen LogP) is 5.16. The molecule has 3 aromatic carbocycles. The molecule has 7 rings (SSSR count). The number of benzene rings is 3. The van der Waals surface area contributed by atoms with Crippen molar-refractivity contribution < 1.29 is 23.9 Å². The molecular weight excluding hydrogens is 558 g/mol. The zero-order valence-corrected chi connectivity index (χ0v) is 24.7. The summed E-state index contributed by atoms with van der Waals surface area (Å²) < 4.78 is 14.8. The highest BCUT2D eigenvalue weighted by atomic mass is 16.5. The SMILES string of the molecule is COC(=O)c1ccc(-n2nc(C)c3ccc(C(=O)N4CCC5(CC4)CC(=O)c4cc(-c6cnn(C)c6)ccc4O5)cc32)cc1. The van der Waals surface area contributed by atoms with E-state index >= 15 is 0 Å². The van der Waals surface area contributed by atoms with Crippen molar-refractivity contribution in [2.24, 2.45) is 7.05 Å². The van der Waals surface area contributed by atoms with E-state index in [0.717, 1.165) is 33.4 Å². The molecule has 222 valence electrons. The first-order valence-corrected chi connectivity index (χ1v) is 14.6. The molecule has 0 radical (unpaired) electrons. The smallest absolute Gasteiger partial charge is 0.337 e. The largest absolute Gasteiger partial charge is 0.486 e. The number of fused-ring (bicyclic) bond motifs is 2. The average molecular weight is 590 g/mol. The summed E-state index contributed by atoms with van der Waals surface area (Å²) in [6.45, 7) is 2.90. The predicted molar refractivity (Wildman–Crippen MR) is 163 cm³/mol. The maximum Gasteiger partial charge on any atom is 0.337 e. The van der Waals surface area contributed by atoms with E-state index in [-0.39, 0.29) is 18.1 Å². The van der Waals surface area contributed by atoms with Crippen LogP contribution in [0.15, 0.2) is 73.1 Å². The average Bonchev–Trinajstić information content (AvgIpc) is 3.63. The Morgan fingerprint density at radius 2 is 1.70 bits per heavy atom. The summed E-state index contributed by atoms with van der Waals surface area (Å²) in [4.78, 5) is 40.7. The molecule has 2 aliphatic heterocycles. The Labute approximate surface area is 253 Å². The maximum absolute atomic E-state index is 13.7. The summed E-state index contributed by atoms with van der Waals surface area (Å²) in [5, 5.41) is 9.87. The van der Waals surface area contributed by atoms with E-state index in [1.54, 1.807) is 39.8 Å². The fourth-order valence-electron chi connectivity index (χ4n) is 6.28. The second kappa shape index (κ2) is 10.5. The summed E-state index contributed by atoms with van der Waals surface area (Å²) >= 11 is 0. The Balaban J connectivity index is 1.08. The standard InChI is InChI=1S/C34H31N5O5/c1-21-27-10-6-24(17-29(27)39(36-21)26-8-4-22(5-9-26)33(42)43-3)32(41)38-14-12-34(13-15-38)18-30(40)28-16-23(7-11-31(28)44-34)25-19-35-37(2)20-25/h4-11,16-17,19-20H,12-15,18H2,1-3H3. The van der Waals surface area contributed by atoms with Crippen molar-refractivity contribution >= 4 is 28.6 Å². The Bertz CT molecular complexity index is 1950. The first-order chi connectivity index (χ1) is 21.2. The van der Waals surface area contributed by atoms with Crippen LogP contribution in [0.25, 0.3) is 27.7 Å². The number of carbonyl (C=O) groups excluding carboxylic acids is 3. The molecule has 1 saturated heterocycles. The first-order valence-electron chi connectivity index (χ1n) is 14.6. The Kier molecular flexibility index (Phi) is 6.57.